The summed E-state index contributed by atoms with van der Waals surface area (Å²) in [4.78, 5) is 60.7. The van der Waals surface area contributed by atoms with Crippen LogP contribution < -0.4 is 5.56 Å². The van der Waals surface area contributed by atoms with E-state index in [1.54, 1.807) is 36.2 Å². The molecule has 1 aliphatic carbocycles. The number of likely N-dealkylation sites (tertiary alicyclic amines) is 1. The van der Waals surface area contributed by atoms with Gasteiger partial charge in [0.05, 0.1) is 17.5 Å². The van der Waals surface area contributed by atoms with Gasteiger partial charge in [0.2, 0.25) is 17.7 Å². The molecule has 2 aliphatic heterocycles. The van der Waals surface area contributed by atoms with Gasteiger partial charge in [-0.3, -0.25) is 33.4 Å². The largest absolute Gasteiger partial charge is 0.338 e. The maximum absolute atomic E-state index is 13.1. The van der Waals surface area contributed by atoms with Crippen molar-refractivity contribution in [1.82, 2.24) is 24.1 Å². The van der Waals surface area contributed by atoms with Crippen LogP contribution in [0, 0.1) is 11.8 Å². The van der Waals surface area contributed by atoms with E-state index in [0.717, 1.165) is 0 Å². The van der Waals surface area contributed by atoms with Gasteiger partial charge in [-0.2, -0.15) is 0 Å². The summed E-state index contributed by atoms with van der Waals surface area (Å²) in [6.45, 7) is 4.44. The monoisotopic (exact) mass is 449 g/mol. The second-order valence-electron chi connectivity index (χ2n) is 8.99. The van der Waals surface area contributed by atoms with Crippen LogP contribution in [0.1, 0.15) is 25.5 Å². The van der Waals surface area contributed by atoms with Crippen molar-refractivity contribution in [3.63, 3.8) is 0 Å². The molecular formula is C24H27N5O4. The Hall–Kier alpha value is -3.33. The molecule has 9 heteroatoms. The minimum absolute atomic E-state index is 0.117. The molecule has 5 rings (SSSR count). The van der Waals surface area contributed by atoms with Crippen molar-refractivity contribution in [2.45, 2.75) is 32.4 Å². The van der Waals surface area contributed by atoms with Crippen LogP contribution in [0.4, 0.5) is 0 Å². The quantitative estimate of drug-likeness (QED) is 0.503. The molecular weight excluding hydrogens is 422 g/mol. The van der Waals surface area contributed by atoms with E-state index >= 15 is 0 Å². The lowest BCUT2D eigenvalue weighted by Gasteiger charge is -2.37. The third-order valence-electron chi connectivity index (χ3n) is 6.98. The molecule has 0 bridgehead atoms. The average molecular weight is 450 g/mol. The first-order valence-electron chi connectivity index (χ1n) is 11.4. The van der Waals surface area contributed by atoms with Gasteiger partial charge >= 0.3 is 0 Å². The summed E-state index contributed by atoms with van der Waals surface area (Å²) in [5.41, 5.74) is 1.19. The first kappa shape index (κ1) is 21.5. The molecule has 2 saturated heterocycles. The number of carbonyl (C=O) groups excluding carboxylic acids is 3. The van der Waals surface area contributed by atoms with Crippen molar-refractivity contribution < 1.29 is 14.4 Å². The molecule has 2 fully saturated rings. The summed E-state index contributed by atoms with van der Waals surface area (Å²) < 4.78 is 1.51. The average Bonchev–Trinajstić information content (AvgIpc) is 3.09. The third kappa shape index (κ3) is 3.86. The normalized spacial score (nSPS) is 24.4. The van der Waals surface area contributed by atoms with Crippen molar-refractivity contribution in [1.29, 1.82) is 0 Å². The first-order chi connectivity index (χ1) is 15.9. The number of carbonyl (C=O) groups is 3. The van der Waals surface area contributed by atoms with E-state index in [9.17, 15) is 19.2 Å². The molecule has 0 radical (unpaired) electrons. The Morgan fingerprint density at radius 3 is 2.36 bits per heavy atom. The van der Waals surface area contributed by atoms with E-state index in [1.807, 2.05) is 18.2 Å². The van der Waals surface area contributed by atoms with Crippen molar-refractivity contribution in [3.05, 3.63) is 58.7 Å². The molecule has 4 heterocycles. The molecule has 0 saturated carbocycles. The highest BCUT2D eigenvalue weighted by Gasteiger charge is 2.50. The summed E-state index contributed by atoms with van der Waals surface area (Å²) in [6, 6.07) is 6.20. The van der Waals surface area contributed by atoms with Crippen LogP contribution in [-0.4, -0.2) is 74.0 Å². The van der Waals surface area contributed by atoms with E-state index in [4.69, 9.17) is 0 Å². The number of fused-ring (bicyclic) bond motifs is 2. The summed E-state index contributed by atoms with van der Waals surface area (Å²) >= 11 is 0. The van der Waals surface area contributed by atoms with E-state index in [2.05, 4.69) is 9.88 Å². The summed E-state index contributed by atoms with van der Waals surface area (Å²) in [5, 5.41) is 0. The third-order valence-corrected chi connectivity index (χ3v) is 6.98. The lowest BCUT2D eigenvalue weighted by Crippen LogP contribution is -2.55. The molecule has 33 heavy (non-hydrogen) atoms. The Morgan fingerprint density at radius 1 is 1.03 bits per heavy atom. The predicted molar refractivity (Wildman–Crippen MR) is 120 cm³/mol. The molecule has 9 nitrogen and oxygen atoms in total. The Kier molecular flexibility index (Phi) is 5.57. The zero-order valence-electron chi connectivity index (χ0n) is 18.6. The van der Waals surface area contributed by atoms with E-state index in [-0.39, 0.29) is 35.1 Å². The summed E-state index contributed by atoms with van der Waals surface area (Å²) in [5.74, 6) is -1.28. The molecule has 3 atom stereocenters. The highest BCUT2D eigenvalue weighted by Crippen LogP contribution is 2.36. The van der Waals surface area contributed by atoms with Crippen LogP contribution in [0.25, 0.3) is 5.65 Å². The molecule has 3 aliphatic rings. The van der Waals surface area contributed by atoms with Crippen LogP contribution in [0.2, 0.25) is 0 Å². The van der Waals surface area contributed by atoms with Crippen molar-refractivity contribution in [2.24, 2.45) is 11.8 Å². The van der Waals surface area contributed by atoms with Gasteiger partial charge in [-0.05, 0) is 31.9 Å². The minimum Gasteiger partial charge on any atom is -0.338 e. The van der Waals surface area contributed by atoms with E-state index in [0.29, 0.717) is 56.9 Å². The number of imide groups is 1. The Balaban J connectivity index is 1.20. The number of piperazine rings is 1. The SMILES string of the molecule is C[C@H](C(=O)N1CCN(Cc2cc(=O)n3ccccc3n2)CC1)N1C(=O)[C@H]2CC=CC[C@@H]2C1=O. The molecule has 0 spiro atoms. The van der Waals surface area contributed by atoms with Crippen molar-refractivity contribution in [2.75, 3.05) is 26.2 Å². The second kappa shape index (κ2) is 8.55. The fourth-order valence-electron chi connectivity index (χ4n) is 5.12. The van der Waals surface area contributed by atoms with Gasteiger partial charge in [-0.25, -0.2) is 4.98 Å². The lowest BCUT2D eigenvalue weighted by atomic mass is 9.85. The Morgan fingerprint density at radius 2 is 1.70 bits per heavy atom. The van der Waals surface area contributed by atoms with E-state index in [1.165, 1.54) is 9.30 Å². The minimum atomic E-state index is -0.788. The Bertz CT molecular complexity index is 1170. The first-order valence-corrected chi connectivity index (χ1v) is 11.4. The molecule has 0 N–H and O–H groups in total. The van der Waals surface area contributed by atoms with Gasteiger partial charge in [0.15, 0.2) is 0 Å². The highest BCUT2D eigenvalue weighted by molar-refractivity contribution is 6.08. The fraction of sp³-hybridized carbons (Fsp3) is 0.458. The van der Waals surface area contributed by atoms with Crippen LogP contribution >= 0.6 is 0 Å². The predicted octanol–water partition coefficient (Wildman–Crippen LogP) is 0.678. The fourth-order valence-corrected chi connectivity index (χ4v) is 5.12. The molecule has 2 aromatic heterocycles. The van der Waals surface area contributed by atoms with Gasteiger partial charge in [0.1, 0.15) is 11.7 Å². The van der Waals surface area contributed by atoms with Gasteiger partial charge in [0, 0.05) is 45.0 Å². The number of nitrogens with zero attached hydrogens (tertiary/aromatic N) is 5. The topological polar surface area (TPSA) is 95.3 Å². The highest BCUT2D eigenvalue weighted by atomic mass is 16.2. The number of rotatable bonds is 4. The van der Waals surface area contributed by atoms with Crippen LogP contribution in [0.15, 0.2) is 47.4 Å². The van der Waals surface area contributed by atoms with Gasteiger partial charge in [-0.15, -0.1) is 0 Å². The maximum Gasteiger partial charge on any atom is 0.258 e. The molecule has 2 aromatic rings. The van der Waals surface area contributed by atoms with Crippen LogP contribution in [-0.2, 0) is 20.9 Å². The van der Waals surface area contributed by atoms with E-state index < -0.39 is 6.04 Å². The lowest BCUT2D eigenvalue weighted by molar-refractivity contribution is -0.151. The van der Waals surface area contributed by atoms with Crippen LogP contribution in [0.3, 0.4) is 0 Å². The standard InChI is InChI=1S/C24H27N5O4/c1-16(29-23(32)18-6-2-3-7-19(18)24(29)33)22(31)27-12-10-26(11-13-27)15-17-14-21(30)28-9-5-4-8-20(28)25-17/h2-5,8-9,14,16,18-19H,6-7,10-13,15H2,1H3/t16-,18+,19+/m1/s1. The number of amides is 3. The number of hydrogen-bond acceptors (Lipinski definition) is 6. The zero-order valence-corrected chi connectivity index (χ0v) is 18.6. The van der Waals surface area contributed by atoms with Crippen molar-refractivity contribution in [3.8, 4) is 0 Å². The molecule has 3 amide bonds. The van der Waals surface area contributed by atoms with Gasteiger partial charge in [0.25, 0.3) is 5.56 Å². The zero-order chi connectivity index (χ0) is 23.1. The Labute approximate surface area is 191 Å². The van der Waals surface area contributed by atoms with Gasteiger partial charge in [-0.1, -0.05) is 18.2 Å². The molecule has 172 valence electrons. The maximum atomic E-state index is 13.1. The number of aromatic nitrogens is 2. The molecule has 0 unspecified atom stereocenters. The smallest absolute Gasteiger partial charge is 0.258 e. The number of pyridine rings is 1. The number of hydrogen-bond donors (Lipinski definition) is 0. The number of allylic oxidation sites excluding steroid dienone is 2. The van der Waals surface area contributed by atoms with Gasteiger partial charge < -0.3 is 4.90 Å². The van der Waals surface area contributed by atoms with Crippen molar-refractivity contribution >= 4 is 23.4 Å². The summed E-state index contributed by atoms with van der Waals surface area (Å²) in [6.07, 6.45) is 6.72. The summed E-state index contributed by atoms with van der Waals surface area (Å²) in [7, 11) is 0. The second-order valence-corrected chi connectivity index (χ2v) is 8.99. The van der Waals surface area contributed by atoms with Crippen LogP contribution in [0.5, 0.6) is 0 Å². The molecule has 0 aromatic carbocycles.